The Hall–Kier alpha value is -3.55. The summed E-state index contributed by atoms with van der Waals surface area (Å²) in [7, 11) is 0. The maximum absolute atomic E-state index is 12.8. The van der Waals surface area contributed by atoms with Crippen LogP contribution < -0.4 is 9.47 Å². The normalized spacial score (nSPS) is 14.5. The lowest BCUT2D eigenvalue weighted by Gasteiger charge is -2.36. The van der Waals surface area contributed by atoms with Crippen molar-refractivity contribution in [2.24, 2.45) is 0 Å². The molecule has 1 aliphatic rings. The molecular formula is C26H32N2O6. The highest BCUT2D eigenvalue weighted by atomic mass is 16.7. The van der Waals surface area contributed by atoms with Crippen LogP contribution in [0, 0.1) is 0 Å². The maximum Gasteiger partial charge on any atom is 0.513 e. The van der Waals surface area contributed by atoms with E-state index >= 15 is 0 Å². The van der Waals surface area contributed by atoms with E-state index in [1.54, 1.807) is 47.9 Å². The van der Waals surface area contributed by atoms with Gasteiger partial charge in [0.25, 0.3) is 11.8 Å². The monoisotopic (exact) mass is 468 g/mol. The van der Waals surface area contributed by atoms with E-state index < -0.39 is 12.3 Å². The lowest BCUT2D eigenvalue weighted by atomic mass is 10.0. The van der Waals surface area contributed by atoms with Gasteiger partial charge < -0.3 is 24.0 Å². The van der Waals surface area contributed by atoms with Crippen molar-refractivity contribution in [1.29, 1.82) is 0 Å². The number of benzene rings is 2. The molecule has 8 heteroatoms. The predicted molar refractivity (Wildman–Crippen MR) is 127 cm³/mol. The Kier molecular flexibility index (Phi) is 8.51. The minimum atomic E-state index is -0.784. The van der Waals surface area contributed by atoms with Crippen molar-refractivity contribution in [3.8, 4) is 11.5 Å². The molecule has 2 amide bonds. The Morgan fingerprint density at radius 3 is 1.94 bits per heavy atom. The van der Waals surface area contributed by atoms with Gasteiger partial charge in [0.05, 0.1) is 6.61 Å². The van der Waals surface area contributed by atoms with Crippen LogP contribution in [0.4, 0.5) is 4.79 Å². The van der Waals surface area contributed by atoms with E-state index in [0.717, 1.165) is 0 Å². The summed E-state index contributed by atoms with van der Waals surface area (Å²) in [5.41, 5.74) is 1.70. The molecule has 0 saturated carbocycles. The molecule has 0 N–H and O–H groups in total. The number of ether oxygens (including phenoxy) is 3. The summed E-state index contributed by atoms with van der Waals surface area (Å²) in [6.45, 7) is 9.65. The van der Waals surface area contributed by atoms with Crippen LogP contribution in [0.5, 0.6) is 11.5 Å². The summed E-state index contributed by atoms with van der Waals surface area (Å²) in [6, 6.07) is 14.1. The second-order valence-electron chi connectivity index (χ2n) is 8.41. The first-order valence-corrected chi connectivity index (χ1v) is 11.6. The number of rotatable bonds is 7. The fourth-order valence-electron chi connectivity index (χ4n) is 3.66. The Morgan fingerprint density at radius 1 is 0.824 bits per heavy atom. The van der Waals surface area contributed by atoms with Crippen LogP contribution in [0.25, 0.3) is 0 Å². The van der Waals surface area contributed by atoms with Gasteiger partial charge in [-0.25, -0.2) is 4.79 Å². The third-order valence-corrected chi connectivity index (χ3v) is 5.65. The fourth-order valence-corrected chi connectivity index (χ4v) is 3.66. The Bertz CT molecular complexity index is 979. The third kappa shape index (κ3) is 6.50. The van der Waals surface area contributed by atoms with Crippen LogP contribution in [-0.4, -0.2) is 66.7 Å². The predicted octanol–water partition coefficient (Wildman–Crippen LogP) is 4.10. The summed E-state index contributed by atoms with van der Waals surface area (Å²) in [5, 5.41) is 0. The largest absolute Gasteiger partial charge is 0.513 e. The molecule has 0 aromatic heterocycles. The van der Waals surface area contributed by atoms with E-state index in [2.05, 4.69) is 13.8 Å². The molecule has 8 nitrogen and oxygen atoms in total. The SMILES string of the molecule is CCOC(=O)Oc1ccc(C(=O)N2CCN(C(=O)C(C)Oc3ccc(C(C)C)cc3)CC2)cc1. The fraction of sp³-hybridized carbons (Fsp3) is 0.423. The van der Waals surface area contributed by atoms with Crippen molar-refractivity contribution in [3.05, 3.63) is 59.7 Å². The molecule has 1 atom stereocenters. The highest BCUT2D eigenvalue weighted by Crippen LogP contribution is 2.20. The molecule has 1 heterocycles. The smallest absolute Gasteiger partial charge is 0.481 e. The van der Waals surface area contributed by atoms with Crippen LogP contribution >= 0.6 is 0 Å². The molecule has 1 fully saturated rings. The first-order valence-electron chi connectivity index (χ1n) is 11.6. The Morgan fingerprint density at radius 2 is 1.38 bits per heavy atom. The van der Waals surface area contributed by atoms with Gasteiger partial charge in [0.15, 0.2) is 6.10 Å². The first-order chi connectivity index (χ1) is 16.3. The van der Waals surface area contributed by atoms with Crippen molar-refractivity contribution < 1.29 is 28.6 Å². The molecule has 182 valence electrons. The Balaban J connectivity index is 1.49. The van der Waals surface area contributed by atoms with E-state index in [0.29, 0.717) is 49.2 Å². The number of carbonyl (C=O) groups excluding carboxylic acids is 3. The molecule has 0 bridgehead atoms. The molecule has 1 aliphatic heterocycles. The van der Waals surface area contributed by atoms with Crippen molar-refractivity contribution in [2.75, 3.05) is 32.8 Å². The molecule has 0 aliphatic carbocycles. The number of hydrogen-bond acceptors (Lipinski definition) is 6. The average Bonchev–Trinajstić information content (AvgIpc) is 2.84. The van der Waals surface area contributed by atoms with Gasteiger partial charge in [-0.2, -0.15) is 0 Å². The van der Waals surface area contributed by atoms with Crippen LogP contribution in [-0.2, 0) is 9.53 Å². The van der Waals surface area contributed by atoms with Crippen molar-refractivity contribution >= 4 is 18.0 Å². The second-order valence-corrected chi connectivity index (χ2v) is 8.41. The number of hydrogen-bond donors (Lipinski definition) is 0. The minimum absolute atomic E-state index is 0.0968. The summed E-state index contributed by atoms with van der Waals surface area (Å²) >= 11 is 0. The molecule has 1 saturated heterocycles. The van der Waals surface area contributed by atoms with E-state index in [4.69, 9.17) is 14.2 Å². The zero-order valence-electron chi connectivity index (χ0n) is 20.2. The lowest BCUT2D eigenvalue weighted by Crippen LogP contribution is -2.53. The summed E-state index contributed by atoms with van der Waals surface area (Å²) in [5.74, 6) is 1.17. The van der Waals surface area contributed by atoms with Gasteiger partial charge >= 0.3 is 6.16 Å². The molecule has 2 aromatic carbocycles. The topological polar surface area (TPSA) is 85.4 Å². The molecule has 3 rings (SSSR count). The van der Waals surface area contributed by atoms with Gasteiger partial charge in [0.1, 0.15) is 11.5 Å². The molecule has 0 radical (unpaired) electrons. The molecule has 34 heavy (non-hydrogen) atoms. The van der Waals surface area contributed by atoms with Crippen LogP contribution in [0.2, 0.25) is 0 Å². The van der Waals surface area contributed by atoms with Crippen LogP contribution in [0.3, 0.4) is 0 Å². The van der Waals surface area contributed by atoms with Crippen molar-refractivity contribution in [3.63, 3.8) is 0 Å². The van der Waals surface area contributed by atoms with E-state index in [1.807, 2.05) is 24.3 Å². The zero-order chi connectivity index (χ0) is 24.7. The molecular weight excluding hydrogens is 436 g/mol. The molecule has 1 unspecified atom stereocenters. The van der Waals surface area contributed by atoms with Gasteiger partial charge in [-0.05, 0) is 61.7 Å². The van der Waals surface area contributed by atoms with Crippen LogP contribution in [0.15, 0.2) is 48.5 Å². The van der Waals surface area contributed by atoms with Crippen molar-refractivity contribution in [1.82, 2.24) is 9.80 Å². The average molecular weight is 469 g/mol. The lowest BCUT2D eigenvalue weighted by molar-refractivity contribution is -0.139. The quantitative estimate of drug-likeness (QED) is 0.449. The summed E-state index contributed by atoms with van der Waals surface area (Å²) < 4.78 is 15.6. The van der Waals surface area contributed by atoms with E-state index in [-0.39, 0.29) is 18.4 Å². The zero-order valence-corrected chi connectivity index (χ0v) is 20.2. The number of piperazine rings is 1. The highest BCUT2D eigenvalue weighted by Gasteiger charge is 2.28. The minimum Gasteiger partial charge on any atom is -0.481 e. The summed E-state index contributed by atoms with van der Waals surface area (Å²) in [6.07, 6.45) is -1.40. The maximum atomic E-state index is 12.8. The number of nitrogens with zero attached hydrogens (tertiary/aromatic N) is 2. The molecule has 2 aromatic rings. The van der Waals surface area contributed by atoms with Gasteiger partial charge in [-0.3, -0.25) is 9.59 Å². The Labute approximate surface area is 200 Å². The van der Waals surface area contributed by atoms with Crippen LogP contribution in [0.1, 0.15) is 49.5 Å². The van der Waals surface area contributed by atoms with Gasteiger partial charge in [0.2, 0.25) is 0 Å². The van der Waals surface area contributed by atoms with Gasteiger partial charge in [-0.1, -0.05) is 26.0 Å². The summed E-state index contributed by atoms with van der Waals surface area (Å²) in [4.78, 5) is 40.5. The molecule has 0 spiro atoms. The van der Waals surface area contributed by atoms with Crippen molar-refractivity contribution in [2.45, 2.75) is 39.7 Å². The number of carbonyl (C=O) groups is 3. The number of amides is 2. The first kappa shape index (κ1) is 25.1. The van der Waals surface area contributed by atoms with Gasteiger partial charge in [-0.15, -0.1) is 0 Å². The van der Waals surface area contributed by atoms with Gasteiger partial charge in [0, 0.05) is 31.7 Å². The van der Waals surface area contributed by atoms with E-state index in [9.17, 15) is 14.4 Å². The highest BCUT2D eigenvalue weighted by molar-refractivity contribution is 5.94. The second kappa shape index (κ2) is 11.5. The van der Waals surface area contributed by atoms with E-state index in [1.165, 1.54) is 5.56 Å². The standard InChI is InChI=1S/C26H32N2O6/c1-5-32-26(31)34-23-12-8-21(9-13-23)25(30)28-16-14-27(15-17-28)24(29)19(4)33-22-10-6-20(7-11-22)18(2)3/h6-13,18-19H,5,14-17H2,1-4H3. The third-order valence-electron chi connectivity index (χ3n) is 5.65.